The van der Waals surface area contributed by atoms with Crippen LogP contribution in [-0.2, 0) is 4.74 Å². The zero-order chi connectivity index (χ0) is 17.3. The SMILES string of the molecule is CN=C(NCCC1CCN(C)CC1)NCC1(CCOC)CCCC1.I. The van der Waals surface area contributed by atoms with Gasteiger partial charge in [-0.2, -0.15) is 0 Å². The number of hydrogen-bond acceptors (Lipinski definition) is 3. The largest absolute Gasteiger partial charge is 0.385 e. The van der Waals surface area contributed by atoms with Crippen molar-refractivity contribution >= 4 is 29.9 Å². The third-order valence-corrected chi connectivity index (χ3v) is 6.04. The Hall–Kier alpha value is -0.0800. The second kappa shape index (κ2) is 12.3. The fourth-order valence-corrected chi connectivity index (χ4v) is 4.20. The fraction of sp³-hybridized carbons (Fsp3) is 0.947. The van der Waals surface area contributed by atoms with Gasteiger partial charge in [0, 0.05) is 33.9 Å². The maximum absolute atomic E-state index is 5.32. The van der Waals surface area contributed by atoms with Crippen molar-refractivity contribution in [2.24, 2.45) is 16.3 Å². The summed E-state index contributed by atoms with van der Waals surface area (Å²) in [5.74, 6) is 1.83. The quantitative estimate of drug-likeness (QED) is 0.328. The Morgan fingerprint density at radius 3 is 2.48 bits per heavy atom. The van der Waals surface area contributed by atoms with E-state index in [-0.39, 0.29) is 24.0 Å². The topological polar surface area (TPSA) is 48.9 Å². The van der Waals surface area contributed by atoms with Crippen molar-refractivity contribution in [2.45, 2.75) is 51.4 Å². The Morgan fingerprint density at radius 2 is 1.88 bits per heavy atom. The zero-order valence-corrected chi connectivity index (χ0v) is 18.8. The Balaban J connectivity index is 0.00000312. The average Bonchev–Trinajstić information content (AvgIpc) is 3.07. The Morgan fingerprint density at radius 1 is 1.20 bits per heavy atom. The van der Waals surface area contributed by atoms with Crippen LogP contribution in [0.5, 0.6) is 0 Å². The molecule has 0 spiro atoms. The molecule has 0 radical (unpaired) electrons. The summed E-state index contributed by atoms with van der Waals surface area (Å²) in [7, 11) is 5.91. The van der Waals surface area contributed by atoms with E-state index in [2.05, 4.69) is 27.6 Å². The van der Waals surface area contributed by atoms with E-state index in [1.807, 2.05) is 7.05 Å². The van der Waals surface area contributed by atoms with Crippen molar-refractivity contribution in [2.75, 3.05) is 54.0 Å². The van der Waals surface area contributed by atoms with Gasteiger partial charge in [-0.1, -0.05) is 12.8 Å². The molecule has 2 aliphatic rings. The zero-order valence-electron chi connectivity index (χ0n) is 16.5. The predicted octanol–water partition coefficient (Wildman–Crippen LogP) is 3.10. The van der Waals surface area contributed by atoms with Gasteiger partial charge in [0.2, 0.25) is 0 Å². The van der Waals surface area contributed by atoms with Crippen LogP contribution in [-0.4, -0.2) is 64.9 Å². The van der Waals surface area contributed by atoms with E-state index in [1.165, 1.54) is 58.0 Å². The lowest BCUT2D eigenvalue weighted by Gasteiger charge is -2.30. The van der Waals surface area contributed by atoms with E-state index in [1.54, 1.807) is 7.11 Å². The van der Waals surface area contributed by atoms with Gasteiger partial charge in [-0.05, 0) is 70.0 Å². The summed E-state index contributed by atoms with van der Waals surface area (Å²) >= 11 is 0. The van der Waals surface area contributed by atoms with Crippen molar-refractivity contribution < 1.29 is 4.74 Å². The number of guanidine groups is 1. The van der Waals surface area contributed by atoms with Crippen molar-refractivity contribution in [3.63, 3.8) is 0 Å². The number of nitrogens with one attached hydrogen (secondary N) is 2. The first-order chi connectivity index (χ1) is 11.7. The molecule has 0 atom stereocenters. The van der Waals surface area contributed by atoms with Crippen LogP contribution < -0.4 is 10.6 Å². The smallest absolute Gasteiger partial charge is 0.190 e. The summed E-state index contributed by atoms with van der Waals surface area (Å²) < 4.78 is 5.32. The normalized spacial score (nSPS) is 21.8. The number of hydrogen-bond donors (Lipinski definition) is 2. The van der Waals surface area contributed by atoms with Gasteiger partial charge in [-0.3, -0.25) is 4.99 Å². The summed E-state index contributed by atoms with van der Waals surface area (Å²) in [5.41, 5.74) is 0.404. The fourth-order valence-electron chi connectivity index (χ4n) is 4.20. The molecule has 0 aromatic rings. The maximum atomic E-state index is 5.32. The van der Waals surface area contributed by atoms with Crippen LogP contribution in [0.3, 0.4) is 0 Å². The lowest BCUT2D eigenvalue weighted by atomic mass is 9.83. The van der Waals surface area contributed by atoms with Crippen LogP contribution in [0.1, 0.15) is 51.4 Å². The number of ether oxygens (including phenoxy) is 1. The second-order valence-corrected chi connectivity index (χ2v) is 7.84. The molecule has 2 rings (SSSR count). The van der Waals surface area contributed by atoms with E-state index >= 15 is 0 Å². The van der Waals surface area contributed by atoms with Gasteiger partial charge in [0.1, 0.15) is 0 Å². The molecule has 148 valence electrons. The van der Waals surface area contributed by atoms with E-state index < -0.39 is 0 Å². The van der Waals surface area contributed by atoms with Crippen molar-refractivity contribution in [3.05, 3.63) is 0 Å². The molecule has 0 amide bonds. The number of nitrogens with zero attached hydrogens (tertiary/aromatic N) is 2. The molecule has 0 unspecified atom stereocenters. The Labute approximate surface area is 171 Å². The summed E-state index contributed by atoms with van der Waals surface area (Å²) in [4.78, 5) is 6.85. The number of aliphatic imine (C=N–C) groups is 1. The minimum Gasteiger partial charge on any atom is -0.385 e. The Kier molecular flexibility index (Phi) is 11.3. The molecule has 1 saturated heterocycles. The van der Waals surface area contributed by atoms with E-state index in [0.717, 1.165) is 38.0 Å². The number of rotatable bonds is 8. The van der Waals surface area contributed by atoms with Crippen molar-refractivity contribution in [3.8, 4) is 0 Å². The standard InChI is InChI=1S/C19H38N4O.HI/c1-20-18(21-12-6-17-7-13-23(2)14-8-17)22-16-19(11-15-24-3)9-4-5-10-19;/h17H,4-16H2,1-3H3,(H2,20,21,22);1H. The molecule has 1 aliphatic carbocycles. The molecule has 1 aliphatic heterocycles. The Bertz CT molecular complexity index is 378. The van der Waals surface area contributed by atoms with E-state index in [4.69, 9.17) is 4.74 Å². The minimum atomic E-state index is 0. The maximum Gasteiger partial charge on any atom is 0.190 e. The number of likely N-dealkylation sites (tertiary alicyclic amines) is 1. The van der Waals surface area contributed by atoms with Crippen LogP contribution in [0.25, 0.3) is 0 Å². The summed E-state index contributed by atoms with van der Waals surface area (Å²) in [5, 5.41) is 7.10. The number of piperidine rings is 1. The average molecular weight is 466 g/mol. The van der Waals surface area contributed by atoms with Gasteiger partial charge in [-0.15, -0.1) is 24.0 Å². The molecule has 0 aromatic carbocycles. The highest BCUT2D eigenvalue weighted by atomic mass is 127. The van der Waals surface area contributed by atoms with Gasteiger partial charge in [-0.25, -0.2) is 0 Å². The summed E-state index contributed by atoms with van der Waals surface area (Å²) in [6.07, 6.45) is 10.4. The van der Waals surface area contributed by atoms with Gasteiger partial charge in [0.25, 0.3) is 0 Å². The van der Waals surface area contributed by atoms with Crippen LogP contribution in [0.2, 0.25) is 0 Å². The first kappa shape index (κ1) is 23.0. The predicted molar refractivity (Wildman–Crippen MR) is 117 cm³/mol. The molecule has 0 aromatic heterocycles. The molecular weight excluding hydrogens is 427 g/mol. The lowest BCUT2D eigenvalue weighted by molar-refractivity contribution is 0.138. The highest BCUT2D eigenvalue weighted by Gasteiger charge is 2.33. The molecule has 2 fully saturated rings. The first-order valence-electron chi connectivity index (χ1n) is 9.79. The summed E-state index contributed by atoms with van der Waals surface area (Å²) in [6, 6.07) is 0. The van der Waals surface area contributed by atoms with Crippen molar-refractivity contribution in [1.29, 1.82) is 0 Å². The molecular formula is C19H39IN4O. The van der Waals surface area contributed by atoms with Crippen LogP contribution in [0, 0.1) is 11.3 Å². The highest BCUT2D eigenvalue weighted by molar-refractivity contribution is 14.0. The number of methoxy groups -OCH3 is 1. The van der Waals surface area contributed by atoms with Crippen LogP contribution in [0.4, 0.5) is 0 Å². The monoisotopic (exact) mass is 466 g/mol. The van der Waals surface area contributed by atoms with Gasteiger partial charge in [0.05, 0.1) is 0 Å². The molecule has 25 heavy (non-hydrogen) atoms. The molecule has 5 nitrogen and oxygen atoms in total. The third kappa shape index (κ3) is 7.99. The molecule has 2 N–H and O–H groups in total. The van der Waals surface area contributed by atoms with E-state index in [9.17, 15) is 0 Å². The van der Waals surface area contributed by atoms with Crippen LogP contribution in [0.15, 0.2) is 4.99 Å². The van der Waals surface area contributed by atoms with Crippen molar-refractivity contribution in [1.82, 2.24) is 15.5 Å². The molecule has 0 bridgehead atoms. The molecule has 1 saturated carbocycles. The van der Waals surface area contributed by atoms with Gasteiger partial charge < -0.3 is 20.3 Å². The second-order valence-electron chi connectivity index (χ2n) is 7.84. The molecule has 6 heteroatoms. The van der Waals surface area contributed by atoms with Gasteiger partial charge >= 0.3 is 0 Å². The van der Waals surface area contributed by atoms with E-state index in [0.29, 0.717) is 5.41 Å². The summed E-state index contributed by atoms with van der Waals surface area (Å²) in [6.45, 7) is 5.41. The first-order valence-corrected chi connectivity index (χ1v) is 9.79. The van der Waals surface area contributed by atoms with Gasteiger partial charge in [0.15, 0.2) is 5.96 Å². The molecule has 1 heterocycles. The lowest BCUT2D eigenvalue weighted by Crippen LogP contribution is -2.44. The minimum absolute atomic E-state index is 0. The highest BCUT2D eigenvalue weighted by Crippen LogP contribution is 2.40. The third-order valence-electron chi connectivity index (χ3n) is 6.04. The number of halogens is 1. The van der Waals surface area contributed by atoms with Crippen LogP contribution >= 0.6 is 24.0 Å².